The molecule has 0 saturated carbocycles. The van der Waals surface area contributed by atoms with Crippen molar-refractivity contribution >= 4 is 11.6 Å². The molecule has 0 bridgehead atoms. The van der Waals surface area contributed by atoms with E-state index in [2.05, 4.69) is 20.6 Å². The van der Waals surface area contributed by atoms with Gasteiger partial charge in [-0.05, 0) is 62.4 Å². The maximum atomic E-state index is 12.5. The number of hydrogen-bond donors (Lipinski definition) is 1. The Morgan fingerprint density at radius 1 is 0.968 bits per heavy atom. The van der Waals surface area contributed by atoms with Crippen LogP contribution >= 0.6 is 0 Å². The summed E-state index contributed by atoms with van der Waals surface area (Å²) in [5.41, 5.74) is 2.99. The predicted molar refractivity (Wildman–Crippen MR) is 116 cm³/mol. The van der Waals surface area contributed by atoms with Gasteiger partial charge >= 0.3 is 0 Å². The molecule has 0 saturated heterocycles. The minimum Gasteiger partial charge on any atom is -0.496 e. The monoisotopic (exact) mass is 415 g/mol. The zero-order chi connectivity index (χ0) is 21.8. The lowest BCUT2D eigenvalue weighted by Gasteiger charge is -2.10. The molecule has 0 aliphatic rings. The quantitative estimate of drug-likeness (QED) is 0.504. The van der Waals surface area contributed by atoms with Gasteiger partial charge in [-0.1, -0.05) is 12.1 Å². The summed E-state index contributed by atoms with van der Waals surface area (Å²) in [5.74, 6) is 1.81. The van der Waals surface area contributed by atoms with E-state index in [-0.39, 0.29) is 5.91 Å². The van der Waals surface area contributed by atoms with E-state index >= 15 is 0 Å². The number of aryl methyl sites for hydroxylation is 2. The number of aromatic nitrogens is 4. The molecular weight excluding hydrogens is 394 g/mol. The molecule has 0 aliphatic carbocycles. The van der Waals surface area contributed by atoms with Crippen molar-refractivity contribution in [2.75, 3.05) is 12.4 Å². The summed E-state index contributed by atoms with van der Waals surface area (Å²) in [6.45, 7) is 3.89. The topological polar surface area (TPSA) is 91.2 Å². The number of carbonyl (C=O) groups excluding carboxylic acids is 1. The fraction of sp³-hybridized carbons (Fsp3) is 0.130. The standard InChI is InChI=1S/C23H21N5O3/c1-15-14-16(2)28(27-15)21-12-13-22(26-25-21)31-18-10-8-17(9-11-18)24-23(29)19-6-4-5-7-20(19)30-3/h4-14H,1-3H3,(H,24,29). The van der Waals surface area contributed by atoms with Gasteiger partial charge in [0.2, 0.25) is 5.88 Å². The first-order chi connectivity index (χ1) is 15.0. The molecule has 2 aromatic carbocycles. The van der Waals surface area contributed by atoms with Gasteiger partial charge in [-0.2, -0.15) is 5.10 Å². The van der Waals surface area contributed by atoms with E-state index in [4.69, 9.17) is 9.47 Å². The van der Waals surface area contributed by atoms with Crippen molar-refractivity contribution in [2.45, 2.75) is 13.8 Å². The third-order valence-corrected chi connectivity index (χ3v) is 4.54. The molecule has 2 heterocycles. The van der Waals surface area contributed by atoms with Crippen LogP contribution in [0.5, 0.6) is 17.4 Å². The van der Waals surface area contributed by atoms with Gasteiger partial charge in [0.05, 0.1) is 18.4 Å². The first-order valence-electron chi connectivity index (χ1n) is 9.63. The summed E-state index contributed by atoms with van der Waals surface area (Å²) in [6, 6.07) is 19.5. The summed E-state index contributed by atoms with van der Waals surface area (Å²) >= 11 is 0. The molecule has 31 heavy (non-hydrogen) atoms. The minimum atomic E-state index is -0.253. The van der Waals surface area contributed by atoms with Gasteiger partial charge in [0.25, 0.3) is 5.91 Å². The van der Waals surface area contributed by atoms with Crippen molar-refractivity contribution in [3.8, 4) is 23.2 Å². The molecule has 0 atom stereocenters. The molecule has 156 valence electrons. The lowest BCUT2D eigenvalue weighted by Crippen LogP contribution is -2.12. The summed E-state index contributed by atoms with van der Waals surface area (Å²) in [5, 5.41) is 15.5. The fourth-order valence-corrected chi connectivity index (χ4v) is 3.10. The van der Waals surface area contributed by atoms with E-state index in [9.17, 15) is 4.79 Å². The Morgan fingerprint density at radius 3 is 2.39 bits per heavy atom. The molecule has 2 aromatic heterocycles. The van der Waals surface area contributed by atoms with E-state index in [1.807, 2.05) is 26.0 Å². The molecule has 8 nitrogen and oxygen atoms in total. The number of amides is 1. The summed E-state index contributed by atoms with van der Waals surface area (Å²) in [6.07, 6.45) is 0. The maximum absolute atomic E-state index is 12.5. The Kier molecular flexibility index (Phi) is 5.61. The van der Waals surface area contributed by atoms with Crippen LogP contribution in [0.3, 0.4) is 0 Å². The predicted octanol–water partition coefficient (Wildman–Crippen LogP) is 4.33. The first-order valence-corrected chi connectivity index (χ1v) is 9.63. The zero-order valence-corrected chi connectivity index (χ0v) is 17.4. The lowest BCUT2D eigenvalue weighted by molar-refractivity contribution is 0.102. The molecule has 0 spiro atoms. The van der Waals surface area contributed by atoms with Crippen LogP contribution in [0.1, 0.15) is 21.7 Å². The van der Waals surface area contributed by atoms with Crippen LogP contribution in [0.2, 0.25) is 0 Å². The summed E-state index contributed by atoms with van der Waals surface area (Å²) in [7, 11) is 1.53. The van der Waals surface area contributed by atoms with Crippen LogP contribution in [-0.2, 0) is 0 Å². The second-order valence-corrected chi connectivity index (χ2v) is 6.85. The highest BCUT2D eigenvalue weighted by atomic mass is 16.5. The molecule has 1 amide bonds. The van der Waals surface area contributed by atoms with Crippen molar-refractivity contribution in [2.24, 2.45) is 0 Å². The highest BCUT2D eigenvalue weighted by molar-refractivity contribution is 6.06. The van der Waals surface area contributed by atoms with Gasteiger partial charge < -0.3 is 14.8 Å². The summed E-state index contributed by atoms with van der Waals surface area (Å²) < 4.78 is 12.7. The third kappa shape index (κ3) is 4.53. The van der Waals surface area contributed by atoms with Crippen LogP contribution in [0.25, 0.3) is 5.82 Å². The normalized spacial score (nSPS) is 10.5. The Morgan fingerprint density at radius 2 is 1.74 bits per heavy atom. The Bertz CT molecular complexity index is 1200. The van der Waals surface area contributed by atoms with Crippen LogP contribution in [-0.4, -0.2) is 33.0 Å². The zero-order valence-electron chi connectivity index (χ0n) is 17.4. The molecule has 1 N–H and O–H groups in total. The highest BCUT2D eigenvalue weighted by Crippen LogP contribution is 2.23. The van der Waals surface area contributed by atoms with E-state index < -0.39 is 0 Å². The van der Waals surface area contributed by atoms with Gasteiger partial charge in [-0.25, -0.2) is 4.68 Å². The Hall–Kier alpha value is -4.20. The summed E-state index contributed by atoms with van der Waals surface area (Å²) in [4.78, 5) is 12.5. The average Bonchev–Trinajstić information content (AvgIpc) is 3.13. The average molecular weight is 415 g/mol. The smallest absolute Gasteiger partial charge is 0.259 e. The molecule has 4 rings (SSSR count). The van der Waals surface area contributed by atoms with Crippen molar-refractivity contribution in [3.05, 3.63) is 83.7 Å². The number of para-hydroxylation sites is 1. The fourth-order valence-electron chi connectivity index (χ4n) is 3.10. The van der Waals surface area contributed by atoms with E-state index in [1.54, 1.807) is 59.3 Å². The number of nitrogens with zero attached hydrogens (tertiary/aromatic N) is 4. The number of benzene rings is 2. The largest absolute Gasteiger partial charge is 0.496 e. The molecule has 4 aromatic rings. The van der Waals surface area contributed by atoms with Gasteiger partial charge in [0.15, 0.2) is 5.82 Å². The van der Waals surface area contributed by atoms with E-state index in [0.717, 1.165) is 11.4 Å². The van der Waals surface area contributed by atoms with Gasteiger partial charge in [0, 0.05) is 17.4 Å². The highest BCUT2D eigenvalue weighted by Gasteiger charge is 2.12. The van der Waals surface area contributed by atoms with Gasteiger partial charge in [0.1, 0.15) is 11.5 Å². The number of carbonyl (C=O) groups is 1. The second kappa shape index (κ2) is 8.66. The van der Waals surface area contributed by atoms with Crippen LogP contribution < -0.4 is 14.8 Å². The number of ether oxygens (including phenoxy) is 2. The SMILES string of the molecule is COc1ccccc1C(=O)Nc1ccc(Oc2ccc(-n3nc(C)cc3C)nn2)cc1. The van der Waals surface area contributed by atoms with Crippen molar-refractivity contribution in [1.29, 1.82) is 0 Å². The van der Waals surface area contributed by atoms with Gasteiger partial charge in [-0.3, -0.25) is 4.79 Å². The third-order valence-electron chi connectivity index (χ3n) is 4.54. The molecule has 0 radical (unpaired) electrons. The molecule has 0 aliphatic heterocycles. The number of anilines is 1. The van der Waals surface area contributed by atoms with Crippen LogP contribution in [0.4, 0.5) is 5.69 Å². The first kappa shape index (κ1) is 20.1. The number of methoxy groups -OCH3 is 1. The van der Waals surface area contributed by atoms with Crippen molar-refractivity contribution in [3.63, 3.8) is 0 Å². The Labute approximate surface area is 179 Å². The van der Waals surface area contributed by atoms with Gasteiger partial charge in [-0.15, -0.1) is 10.2 Å². The second-order valence-electron chi connectivity index (χ2n) is 6.85. The van der Waals surface area contributed by atoms with E-state index in [1.165, 1.54) is 7.11 Å². The number of rotatable bonds is 6. The van der Waals surface area contributed by atoms with Crippen LogP contribution in [0, 0.1) is 13.8 Å². The van der Waals surface area contributed by atoms with Crippen molar-refractivity contribution in [1.82, 2.24) is 20.0 Å². The van der Waals surface area contributed by atoms with Crippen LogP contribution in [0.15, 0.2) is 66.7 Å². The van der Waals surface area contributed by atoms with Crippen molar-refractivity contribution < 1.29 is 14.3 Å². The van der Waals surface area contributed by atoms with E-state index in [0.29, 0.717) is 34.4 Å². The molecule has 0 unspecified atom stereocenters. The number of hydrogen-bond acceptors (Lipinski definition) is 6. The molecule has 8 heteroatoms. The lowest BCUT2D eigenvalue weighted by atomic mass is 10.2. The molecule has 0 fully saturated rings. The maximum Gasteiger partial charge on any atom is 0.259 e. The molecular formula is C23H21N5O3. The minimum absolute atomic E-state index is 0.253. The number of nitrogens with one attached hydrogen (secondary N) is 1. The Balaban J connectivity index is 1.41.